The Kier molecular flexibility index (Phi) is 2.29. The largest absolute Gasteiger partial charge is 0.366 e. The Morgan fingerprint density at radius 1 is 1.00 bits per heavy atom. The zero-order valence-electron chi connectivity index (χ0n) is 8.84. The summed E-state index contributed by atoms with van der Waals surface area (Å²) in [6, 6.07) is 0.902. The van der Waals surface area contributed by atoms with E-state index in [1.165, 1.54) is 25.9 Å². The van der Waals surface area contributed by atoms with Gasteiger partial charge in [0.15, 0.2) is 0 Å². The van der Waals surface area contributed by atoms with Gasteiger partial charge >= 0.3 is 0 Å². The smallest absolute Gasteiger partial charge is 0.115 e. The molecule has 1 aliphatic carbocycles. The second-order valence-corrected chi connectivity index (χ2v) is 4.35. The Morgan fingerprint density at radius 3 is 2.27 bits per heavy atom. The second-order valence-electron chi connectivity index (χ2n) is 4.35. The normalized spacial score (nSPS) is 23.1. The molecular formula is C11H16N4. The van der Waals surface area contributed by atoms with Crippen LogP contribution in [0.25, 0.3) is 0 Å². The van der Waals surface area contributed by atoms with Gasteiger partial charge in [-0.3, -0.25) is 4.90 Å². The Bertz CT molecular complexity index is 315. The summed E-state index contributed by atoms with van der Waals surface area (Å²) < 4.78 is 0. The molecule has 0 N–H and O–H groups in total. The van der Waals surface area contributed by atoms with Crippen LogP contribution in [0.3, 0.4) is 0 Å². The van der Waals surface area contributed by atoms with Crippen LogP contribution in [0.1, 0.15) is 12.8 Å². The van der Waals surface area contributed by atoms with Gasteiger partial charge in [-0.15, -0.1) is 0 Å². The van der Waals surface area contributed by atoms with Crippen LogP contribution in [0.4, 0.5) is 5.69 Å². The van der Waals surface area contributed by atoms with E-state index in [2.05, 4.69) is 19.8 Å². The van der Waals surface area contributed by atoms with Gasteiger partial charge in [-0.1, -0.05) is 0 Å². The van der Waals surface area contributed by atoms with Crippen LogP contribution in [-0.2, 0) is 0 Å². The maximum atomic E-state index is 4.06. The van der Waals surface area contributed by atoms with Crippen LogP contribution < -0.4 is 4.90 Å². The van der Waals surface area contributed by atoms with Crippen molar-refractivity contribution in [3.05, 3.63) is 18.7 Å². The average Bonchev–Trinajstić information content (AvgIpc) is 3.15. The first-order chi connectivity index (χ1) is 7.43. The monoisotopic (exact) mass is 204 g/mol. The molecule has 80 valence electrons. The fraction of sp³-hybridized carbons (Fsp3) is 0.636. The first-order valence-electron chi connectivity index (χ1n) is 5.67. The lowest BCUT2D eigenvalue weighted by molar-refractivity contribution is 0.248. The SMILES string of the molecule is c1ncc(N2CCN(C3CC3)CC2)cn1. The number of rotatable bonds is 2. The molecule has 1 aromatic rings. The topological polar surface area (TPSA) is 32.3 Å². The van der Waals surface area contributed by atoms with Gasteiger partial charge in [0, 0.05) is 32.2 Å². The van der Waals surface area contributed by atoms with Crippen molar-refractivity contribution in [1.29, 1.82) is 0 Å². The summed E-state index contributed by atoms with van der Waals surface area (Å²) in [6.45, 7) is 4.62. The van der Waals surface area contributed by atoms with E-state index in [4.69, 9.17) is 0 Å². The summed E-state index contributed by atoms with van der Waals surface area (Å²) in [7, 11) is 0. The minimum atomic E-state index is 0.902. The van der Waals surface area contributed by atoms with Crippen molar-refractivity contribution in [2.24, 2.45) is 0 Å². The number of piperazine rings is 1. The predicted octanol–water partition coefficient (Wildman–Crippen LogP) is 0.761. The standard InChI is InChI=1S/C11H16N4/c1-2-10(1)14-3-5-15(6-4-14)11-7-12-9-13-8-11/h7-10H,1-6H2. The molecule has 0 aromatic carbocycles. The van der Waals surface area contributed by atoms with E-state index < -0.39 is 0 Å². The molecule has 0 atom stereocenters. The van der Waals surface area contributed by atoms with Gasteiger partial charge in [-0.25, -0.2) is 9.97 Å². The van der Waals surface area contributed by atoms with Crippen LogP contribution in [0.15, 0.2) is 18.7 Å². The minimum absolute atomic E-state index is 0.902. The lowest BCUT2D eigenvalue weighted by Crippen LogP contribution is -2.47. The molecule has 2 fully saturated rings. The zero-order chi connectivity index (χ0) is 10.1. The van der Waals surface area contributed by atoms with Crippen molar-refractivity contribution in [1.82, 2.24) is 14.9 Å². The van der Waals surface area contributed by atoms with Crippen molar-refractivity contribution in [2.45, 2.75) is 18.9 Å². The molecule has 3 rings (SSSR count). The molecule has 1 aliphatic heterocycles. The highest BCUT2D eigenvalue weighted by Gasteiger charge is 2.31. The lowest BCUT2D eigenvalue weighted by atomic mass is 10.3. The van der Waals surface area contributed by atoms with Gasteiger partial charge in [0.05, 0.1) is 18.1 Å². The number of hydrogen-bond donors (Lipinski definition) is 0. The van der Waals surface area contributed by atoms with E-state index in [1.54, 1.807) is 6.33 Å². The molecule has 0 unspecified atom stereocenters. The van der Waals surface area contributed by atoms with Crippen LogP contribution in [0, 0.1) is 0 Å². The molecule has 15 heavy (non-hydrogen) atoms. The molecule has 0 bridgehead atoms. The predicted molar refractivity (Wildman–Crippen MR) is 58.8 cm³/mol. The third-order valence-electron chi connectivity index (χ3n) is 3.29. The van der Waals surface area contributed by atoms with Gasteiger partial charge in [0.1, 0.15) is 6.33 Å². The van der Waals surface area contributed by atoms with E-state index in [0.29, 0.717) is 0 Å². The maximum absolute atomic E-state index is 4.06. The molecule has 1 aromatic heterocycles. The molecule has 0 radical (unpaired) electrons. The van der Waals surface area contributed by atoms with Crippen molar-refractivity contribution in [2.75, 3.05) is 31.1 Å². The summed E-state index contributed by atoms with van der Waals surface area (Å²) in [5.74, 6) is 0. The van der Waals surface area contributed by atoms with E-state index >= 15 is 0 Å². The summed E-state index contributed by atoms with van der Waals surface area (Å²) >= 11 is 0. The summed E-state index contributed by atoms with van der Waals surface area (Å²) in [5, 5.41) is 0. The summed E-state index contributed by atoms with van der Waals surface area (Å²) in [4.78, 5) is 13.1. The molecule has 4 nitrogen and oxygen atoms in total. The first kappa shape index (κ1) is 9.09. The number of nitrogens with zero attached hydrogens (tertiary/aromatic N) is 4. The Morgan fingerprint density at radius 2 is 1.67 bits per heavy atom. The van der Waals surface area contributed by atoms with E-state index in [-0.39, 0.29) is 0 Å². The number of hydrogen-bond acceptors (Lipinski definition) is 4. The van der Waals surface area contributed by atoms with Gasteiger partial charge in [0.2, 0.25) is 0 Å². The summed E-state index contributed by atoms with van der Waals surface area (Å²) in [5.41, 5.74) is 1.16. The molecule has 2 heterocycles. The van der Waals surface area contributed by atoms with Gasteiger partial charge in [-0.2, -0.15) is 0 Å². The Balaban J connectivity index is 1.61. The first-order valence-corrected chi connectivity index (χ1v) is 5.67. The fourth-order valence-electron chi connectivity index (χ4n) is 2.24. The highest BCUT2D eigenvalue weighted by molar-refractivity contribution is 5.41. The third-order valence-corrected chi connectivity index (χ3v) is 3.29. The minimum Gasteiger partial charge on any atom is -0.366 e. The van der Waals surface area contributed by atoms with Crippen molar-refractivity contribution in [3.8, 4) is 0 Å². The fourth-order valence-corrected chi connectivity index (χ4v) is 2.24. The average molecular weight is 204 g/mol. The summed E-state index contributed by atoms with van der Waals surface area (Å²) in [6.07, 6.45) is 8.21. The molecular weight excluding hydrogens is 188 g/mol. The quantitative estimate of drug-likeness (QED) is 0.712. The van der Waals surface area contributed by atoms with Crippen LogP contribution in [0.5, 0.6) is 0 Å². The molecule has 4 heteroatoms. The van der Waals surface area contributed by atoms with Crippen molar-refractivity contribution < 1.29 is 0 Å². The Hall–Kier alpha value is -1.16. The molecule has 1 saturated heterocycles. The van der Waals surface area contributed by atoms with E-state index in [9.17, 15) is 0 Å². The van der Waals surface area contributed by atoms with Crippen LogP contribution in [-0.4, -0.2) is 47.1 Å². The highest BCUT2D eigenvalue weighted by Crippen LogP contribution is 2.28. The van der Waals surface area contributed by atoms with E-state index in [1.807, 2.05) is 12.4 Å². The van der Waals surface area contributed by atoms with Gasteiger partial charge in [0.25, 0.3) is 0 Å². The molecule has 1 saturated carbocycles. The third kappa shape index (κ3) is 1.95. The van der Waals surface area contributed by atoms with Gasteiger partial charge in [-0.05, 0) is 12.8 Å². The maximum Gasteiger partial charge on any atom is 0.115 e. The van der Waals surface area contributed by atoms with Crippen molar-refractivity contribution in [3.63, 3.8) is 0 Å². The van der Waals surface area contributed by atoms with Crippen LogP contribution >= 0.6 is 0 Å². The molecule has 0 amide bonds. The van der Waals surface area contributed by atoms with E-state index in [0.717, 1.165) is 24.8 Å². The van der Waals surface area contributed by atoms with Crippen LogP contribution in [0.2, 0.25) is 0 Å². The molecule has 2 aliphatic rings. The van der Waals surface area contributed by atoms with Gasteiger partial charge < -0.3 is 4.90 Å². The van der Waals surface area contributed by atoms with Crippen molar-refractivity contribution >= 4 is 5.69 Å². The highest BCUT2D eigenvalue weighted by atomic mass is 15.3. The second kappa shape index (κ2) is 3.77. The molecule has 0 spiro atoms. The lowest BCUT2D eigenvalue weighted by Gasteiger charge is -2.35. The zero-order valence-corrected chi connectivity index (χ0v) is 8.84. The number of anilines is 1. The Labute approximate surface area is 89.9 Å². The number of aromatic nitrogens is 2.